The van der Waals surface area contributed by atoms with E-state index in [1.807, 2.05) is 0 Å². The second-order valence-electron chi connectivity index (χ2n) is 5.23. The van der Waals surface area contributed by atoms with E-state index < -0.39 is 29.4 Å². The van der Waals surface area contributed by atoms with Gasteiger partial charge in [0.25, 0.3) is 5.91 Å². The normalized spacial score (nSPS) is 14.9. The van der Waals surface area contributed by atoms with Crippen molar-refractivity contribution in [1.82, 2.24) is 4.90 Å². The molecule has 2 rings (SSSR count). The highest BCUT2D eigenvalue weighted by molar-refractivity contribution is 14.1. The molecule has 0 bridgehead atoms. The topological polar surface area (TPSA) is 78.9 Å². The lowest BCUT2D eigenvalue weighted by Crippen LogP contribution is -2.31. The molecule has 1 aromatic rings. The number of anilines is 1. The lowest BCUT2D eigenvalue weighted by molar-refractivity contribution is -0.138. The Bertz CT molecular complexity index is 780. The summed E-state index contributed by atoms with van der Waals surface area (Å²) in [5.41, 5.74) is -1.96. The summed E-state index contributed by atoms with van der Waals surface area (Å²) >= 11 is 1.38. The van der Waals surface area contributed by atoms with Crippen LogP contribution in [0, 0.1) is 9.39 Å². The van der Waals surface area contributed by atoms with E-state index in [0.29, 0.717) is 6.07 Å². The van der Waals surface area contributed by atoms with Crippen molar-refractivity contribution in [3.05, 3.63) is 38.4 Å². The monoisotopic (exact) mass is 488 g/mol. The maximum absolute atomic E-state index is 13.6. The SMILES string of the molecule is COC(=O)C1=C(Nc2cc(F)cc(C(F)(F)F)c2I)C(=O)N(CCO)C1. The van der Waals surface area contributed by atoms with Crippen LogP contribution in [-0.2, 0) is 20.5 Å². The first-order valence-corrected chi connectivity index (χ1v) is 8.22. The zero-order valence-corrected chi connectivity index (χ0v) is 15.4. The molecule has 1 heterocycles. The summed E-state index contributed by atoms with van der Waals surface area (Å²) in [5.74, 6) is -2.73. The summed E-state index contributed by atoms with van der Waals surface area (Å²) in [6, 6.07) is 1.14. The van der Waals surface area contributed by atoms with Gasteiger partial charge in [-0.1, -0.05) is 0 Å². The van der Waals surface area contributed by atoms with Gasteiger partial charge in [-0.25, -0.2) is 9.18 Å². The van der Waals surface area contributed by atoms with Gasteiger partial charge < -0.3 is 20.1 Å². The van der Waals surface area contributed by atoms with Gasteiger partial charge in [-0.2, -0.15) is 13.2 Å². The molecule has 142 valence electrons. The molecule has 0 aromatic heterocycles. The van der Waals surface area contributed by atoms with Gasteiger partial charge >= 0.3 is 12.1 Å². The number of aliphatic hydroxyl groups is 1. The van der Waals surface area contributed by atoms with Crippen LogP contribution in [0.3, 0.4) is 0 Å². The van der Waals surface area contributed by atoms with Gasteiger partial charge in [-0.15, -0.1) is 0 Å². The Labute approximate surface area is 158 Å². The number of alkyl halides is 3. The lowest BCUT2D eigenvalue weighted by atomic mass is 10.1. The number of carbonyl (C=O) groups is 2. The number of ether oxygens (including phenoxy) is 1. The second-order valence-corrected chi connectivity index (χ2v) is 6.31. The predicted octanol–water partition coefficient (Wildman–Crippen LogP) is 2.12. The maximum atomic E-state index is 13.6. The van der Waals surface area contributed by atoms with Gasteiger partial charge in [0.05, 0.1) is 37.1 Å². The molecule has 0 saturated heterocycles. The fourth-order valence-electron chi connectivity index (χ4n) is 2.37. The van der Waals surface area contributed by atoms with Crippen molar-refractivity contribution >= 4 is 40.2 Å². The zero-order chi connectivity index (χ0) is 19.6. The number of rotatable bonds is 5. The van der Waals surface area contributed by atoms with Crippen LogP contribution in [-0.4, -0.2) is 48.7 Å². The molecule has 6 nitrogen and oxygen atoms in total. The Hall–Kier alpha value is -1.89. The summed E-state index contributed by atoms with van der Waals surface area (Å²) in [5, 5.41) is 11.4. The predicted molar refractivity (Wildman–Crippen MR) is 90.4 cm³/mol. The minimum atomic E-state index is -4.79. The number of hydrogen-bond acceptors (Lipinski definition) is 5. The lowest BCUT2D eigenvalue weighted by Gasteiger charge is -2.17. The van der Waals surface area contributed by atoms with Crippen molar-refractivity contribution in [3.8, 4) is 0 Å². The molecule has 0 fully saturated rings. The minimum Gasteiger partial charge on any atom is -0.466 e. The number of nitrogens with one attached hydrogen (secondary N) is 1. The largest absolute Gasteiger partial charge is 0.466 e. The molecule has 0 spiro atoms. The van der Waals surface area contributed by atoms with Gasteiger partial charge in [-0.05, 0) is 34.7 Å². The van der Waals surface area contributed by atoms with Gasteiger partial charge in [-0.3, -0.25) is 4.79 Å². The highest BCUT2D eigenvalue weighted by atomic mass is 127. The van der Waals surface area contributed by atoms with E-state index in [-0.39, 0.29) is 40.2 Å². The van der Waals surface area contributed by atoms with Crippen LogP contribution >= 0.6 is 22.6 Å². The summed E-state index contributed by atoms with van der Waals surface area (Å²) in [4.78, 5) is 25.4. The van der Waals surface area contributed by atoms with Gasteiger partial charge in [0, 0.05) is 10.1 Å². The van der Waals surface area contributed by atoms with E-state index in [9.17, 15) is 27.2 Å². The number of aliphatic hydroxyl groups excluding tert-OH is 1. The summed E-state index contributed by atoms with van der Waals surface area (Å²) in [6.07, 6.45) is -4.79. The third-order valence-electron chi connectivity index (χ3n) is 3.56. The molecular formula is C15H13F4IN2O4. The molecule has 1 aliphatic rings. The molecule has 26 heavy (non-hydrogen) atoms. The van der Waals surface area contributed by atoms with Crippen LogP contribution in [0.5, 0.6) is 0 Å². The van der Waals surface area contributed by atoms with Crippen molar-refractivity contribution in [1.29, 1.82) is 0 Å². The van der Waals surface area contributed by atoms with Gasteiger partial charge in [0.15, 0.2) is 0 Å². The van der Waals surface area contributed by atoms with Crippen LogP contribution in [0.4, 0.5) is 23.2 Å². The quantitative estimate of drug-likeness (QED) is 0.378. The van der Waals surface area contributed by atoms with Crippen LogP contribution in [0.15, 0.2) is 23.4 Å². The third-order valence-corrected chi connectivity index (χ3v) is 4.72. The molecule has 0 atom stereocenters. The Kier molecular flexibility index (Phi) is 6.11. The fraction of sp³-hybridized carbons (Fsp3) is 0.333. The van der Waals surface area contributed by atoms with E-state index in [0.717, 1.165) is 18.1 Å². The zero-order valence-electron chi connectivity index (χ0n) is 13.3. The minimum absolute atomic E-state index is 0.0848. The Balaban J connectivity index is 2.49. The fourth-order valence-corrected chi connectivity index (χ4v) is 3.12. The highest BCUT2D eigenvalue weighted by Gasteiger charge is 2.37. The highest BCUT2D eigenvalue weighted by Crippen LogP contribution is 2.37. The molecule has 2 N–H and O–H groups in total. The Morgan fingerprint density at radius 3 is 2.62 bits per heavy atom. The summed E-state index contributed by atoms with van der Waals surface area (Å²) < 4.78 is 57.0. The van der Waals surface area contributed by atoms with Crippen molar-refractivity contribution in [2.75, 3.05) is 32.1 Å². The van der Waals surface area contributed by atoms with Crippen molar-refractivity contribution in [3.63, 3.8) is 0 Å². The molecule has 1 aromatic carbocycles. The third kappa shape index (κ3) is 4.09. The molecular weight excluding hydrogens is 475 g/mol. The molecule has 0 aliphatic carbocycles. The first-order valence-electron chi connectivity index (χ1n) is 7.15. The average molecular weight is 488 g/mol. The number of nitrogens with zero attached hydrogens (tertiary/aromatic N) is 1. The number of carbonyl (C=O) groups excluding carboxylic acids is 2. The maximum Gasteiger partial charge on any atom is 0.417 e. The molecule has 1 amide bonds. The van der Waals surface area contributed by atoms with E-state index in [1.54, 1.807) is 0 Å². The van der Waals surface area contributed by atoms with Crippen LogP contribution in [0.2, 0.25) is 0 Å². The molecule has 0 radical (unpaired) electrons. The van der Waals surface area contributed by atoms with Crippen LogP contribution in [0.1, 0.15) is 5.56 Å². The van der Waals surface area contributed by atoms with Gasteiger partial charge in [0.1, 0.15) is 11.5 Å². The first-order chi connectivity index (χ1) is 12.1. The molecule has 0 saturated carbocycles. The van der Waals surface area contributed by atoms with Crippen molar-refractivity contribution in [2.24, 2.45) is 0 Å². The van der Waals surface area contributed by atoms with E-state index in [2.05, 4.69) is 10.1 Å². The smallest absolute Gasteiger partial charge is 0.417 e. The van der Waals surface area contributed by atoms with Crippen LogP contribution in [0.25, 0.3) is 0 Å². The number of hydrogen-bond donors (Lipinski definition) is 2. The Morgan fingerprint density at radius 2 is 2.08 bits per heavy atom. The van der Waals surface area contributed by atoms with Gasteiger partial charge in [0.2, 0.25) is 0 Å². The molecule has 1 aliphatic heterocycles. The van der Waals surface area contributed by atoms with E-state index in [1.165, 1.54) is 22.6 Å². The van der Waals surface area contributed by atoms with E-state index in [4.69, 9.17) is 5.11 Å². The first kappa shape index (κ1) is 20.4. The van der Waals surface area contributed by atoms with Crippen molar-refractivity contribution in [2.45, 2.75) is 6.18 Å². The van der Waals surface area contributed by atoms with E-state index >= 15 is 0 Å². The number of β-amino-alcohol motifs (C(OH)–C–C–N with tert-alkyl or cyclic N) is 1. The number of esters is 1. The molecule has 0 unspecified atom stereocenters. The summed E-state index contributed by atoms with van der Waals surface area (Å²) in [7, 11) is 1.08. The second kappa shape index (κ2) is 7.78. The average Bonchev–Trinajstić information content (AvgIpc) is 2.86. The number of halogens is 5. The van der Waals surface area contributed by atoms with Crippen molar-refractivity contribution < 1.29 is 37.0 Å². The number of benzene rings is 1. The Morgan fingerprint density at radius 1 is 1.42 bits per heavy atom. The number of methoxy groups -OCH3 is 1. The standard InChI is InChI=1S/C15H13F4IN2O4/c1-26-14(25)8-6-22(2-3-23)13(24)12(8)21-10-5-7(16)4-9(11(10)20)15(17,18)19/h4-5,21,23H,2-3,6H2,1H3. The number of amides is 1. The molecule has 11 heteroatoms. The summed E-state index contributed by atoms with van der Waals surface area (Å²) in [6.45, 7) is -0.645. The van der Waals surface area contributed by atoms with Crippen LogP contribution < -0.4 is 5.32 Å².